The summed E-state index contributed by atoms with van der Waals surface area (Å²) >= 11 is 0. The van der Waals surface area contributed by atoms with Crippen LogP contribution in [0, 0.1) is 5.82 Å². The molecule has 0 unspecified atom stereocenters. The van der Waals surface area contributed by atoms with Crippen LogP contribution in [0.4, 0.5) is 15.8 Å². The first-order chi connectivity index (χ1) is 20.9. The molecular weight excluding hydrogens is 543 g/mol. The minimum absolute atomic E-state index is 0.206. The van der Waals surface area contributed by atoms with Gasteiger partial charge in [0.1, 0.15) is 5.82 Å². The molecule has 0 spiro atoms. The van der Waals surface area contributed by atoms with Gasteiger partial charge in [0.15, 0.2) is 0 Å². The molecule has 1 fully saturated rings. The summed E-state index contributed by atoms with van der Waals surface area (Å²) in [6.07, 6.45) is 3.48. The van der Waals surface area contributed by atoms with Crippen molar-refractivity contribution in [3.05, 3.63) is 138 Å². The van der Waals surface area contributed by atoms with Crippen LogP contribution in [0.3, 0.4) is 0 Å². The molecule has 0 atom stereocenters. The Bertz CT molecular complexity index is 2010. The molecule has 1 aliphatic carbocycles. The molecule has 212 valence electrons. The molecule has 2 heterocycles. The number of hydrogen-bond donors (Lipinski definition) is 3. The van der Waals surface area contributed by atoms with Gasteiger partial charge in [-0.3, -0.25) is 9.78 Å². The highest BCUT2D eigenvalue weighted by atomic mass is 19.1. The normalized spacial score (nSPS) is 13.6. The van der Waals surface area contributed by atoms with Crippen LogP contribution in [0.15, 0.2) is 109 Å². The molecule has 7 nitrogen and oxygen atoms in total. The number of hydrogen-bond acceptors (Lipinski definition) is 4. The van der Waals surface area contributed by atoms with Crippen molar-refractivity contribution < 1.29 is 19.1 Å². The number of halogens is 1. The van der Waals surface area contributed by atoms with Gasteiger partial charge in [0.2, 0.25) is 0 Å². The Labute approximate surface area is 246 Å². The predicted octanol–water partition coefficient (Wildman–Crippen LogP) is 7.24. The number of carbonyl (C=O) groups excluding carboxylic acids is 1. The Hall–Kier alpha value is -5.50. The lowest BCUT2D eigenvalue weighted by Crippen LogP contribution is -2.35. The summed E-state index contributed by atoms with van der Waals surface area (Å²) in [6.45, 7) is 0.455. The van der Waals surface area contributed by atoms with Crippen LogP contribution in [0.1, 0.15) is 44.8 Å². The van der Waals surface area contributed by atoms with Gasteiger partial charge in [0.05, 0.1) is 39.9 Å². The number of aromatic nitrogens is 2. The topological polar surface area (TPSA) is 96.3 Å². The highest BCUT2D eigenvalue weighted by molar-refractivity contribution is 6.10. The van der Waals surface area contributed by atoms with E-state index in [0.29, 0.717) is 12.1 Å². The molecule has 1 saturated carbocycles. The van der Waals surface area contributed by atoms with Crippen LogP contribution in [-0.2, 0) is 12.1 Å². The zero-order valence-corrected chi connectivity index (χ0v) is 23.0. The van der Waals surface area contributed by atoms with Crippen LogP contribution < -0.4 is 10.6 Å². The number of carboxylic acids is 1. The largest absolute Gasteiger partial charge is 0.478 e. The van der Waals surface area contributed by atoms with E-state index in [2.05, 4.69) is 10.6 Å². The van der Waals surface area contributed by atoms with Gasteiger partial charge in [-0.05, 0) is 85.1 Å². The second kappa shape index (κ2) is 10.4. The van der Waals surface area contributed by atoms with Gasteiger partial charge in [0, 0.05) is 28.3 Å². The first-order valence-corrected chi connectivity index (χ1v) is 14.0. The maximum atomic E-state index is 14.0. The lowest BCUT2D eigenvalue weighted by Gasteiger charge is -2.20. The lowest BCUT2D eigenvalue weighted by atomic mass is 10.0. The van der Waals surface area contributed by atoms with Crippen LogP contribution >= 0.6 is 0 Å². The van der Waals surface area contributed by atoms with Crippen molar-refractivity contribution >= 4 is 45.1 Å². The van der Waals surface area contributed by atoms with Crippen molar-refractivity contribution in [3.63, 3.8) is 0 Å². The van der Waals surface area contributed by atoms with Crippen LogP contribution in [0.25, 0.3) is 21.8 Å². The smallest absolute Gasteiger partial charge is 0.335 e. The van der Waals surface area contributed by atoms with Crippen LogP contribution in [-0.4, -0.2) is 26.5 Å². The molecule has 1 aliphatic rings. The van der Waals surface area contributed by atoms with Crippen molar-refractivity contribution in [1.29, 1.82) is 0 Å². The van der Waals surface area contributed by atoms with Crippen molar-refractivity contribution in [2.75, 3.05) is 5.32 Å². The molecule has 4 aromatic carbocycles. The number of fused-ring (bicyclic) bond motifs is 2. The molecule has 1 amide bonds. The summed E-state index contributed by atoms with van der Waals surface area (Å²) in [6, 6.07) is 30.4. The number of carbonyl (C=O) groups is 2. The molecule has 6 aromatic rings. The maximum absolute atomic E-state index is 14.0. The Morgan fingerprint density at radius 1 is 0.884 bits per heavy atom. The van der Waals surface area contributed by atoms with Gasteiger partial charge in [-0.25, -0.2) is 9.18 Å². The Balaban J connectivity index is 1.26. The van der Waals surface area contributed by atoms with Gasteiger partial charge in [-0.2, -0.15) is 0 Å². The summed E-state index contributed by atoms with van der Waals surface area (Å²) in [7, 11) is 0. The zero-order valence-electron chi connectivity index (χ0n) is 23.0. The van der Waals surface area contributed by atoms with Crippen LogP contribution in [0.2, 0.25) is 0 Å². The molecule has 3 N–H and O–H groups in total. The highest BCUT2D eigenvalue weighted by Crippen LogP contribution is 2.46. The van der Waals surface area contributed by atoms with Gasteiger partial charge in [-0.1, -0.05) is 36.4 Å². The number of carboxylic acid groups (broad SMARTS) is 1. The molecule has 43 heavy (non-hydrogen) atoms. The van der Waals surface area contributed by atoms with E-state index in [4.69, 9.17) is 4.98 Å². The Morgan fingerprint density at radius 2 is 1.65 bits per heavy atom. The number of para-hydroxylation sites is 1. The molecule has 7 rings (SSSR count). The van der Waals surface area contributed by atoms with E-state index >= 15 is 0 Å². The molecule has 0 saturated heterocycles. The number of pyridine rings is 1. The first-order valence-electron chi connectivity index (χ1n) is 14.0. The predicted molar refractivity (Wildman–Crippen MR) is 164 cm³/mol. The fourth-order valence-electron chi connectivity index (χ4n) is 5.64. The number of aromatic carboxylic acids is 1. The monoisotopic (exact) mass is 570 g/mol. The third kappa shape index (κ3) is 5.08. The standard InChI is InChI=1S/C35H27FN4O3/c36-25-10-13-26(14-11-25)37-31-16-15-29(33(41)39-35(18-19-35)24-8-5-23(6-9-24)34(42)43)32-28(31)17-20-40(32)21-27-12-7-22-3-1-2-4-30(22)38-27/h1-17,20,37H,18-19,21H2,(H,39,41)(H,42,43). The summed E-state index contributed by atoms with van der Waals surface area (Å²) in [5, 5.41) is 17.8. The number of nitrogens with one attached hydrogen (secondary N) is 2. The second-order valence-electron chi connectivity index (χ2n) is 10.9. The number of benzene rings is 4. The fraction of sp³-hybridized carbons (Fsp3) is 0.114. The van der Waals surface area contributed by atoms with E-state index in [1.165, 1.54) is 12.1 Å². The average Bonchev–Trinajstić information content (AvgIpc) is 3.69. The van der Waals surface area contributed by atoms with E-state index in [0.717, 1.165) is 57.3 Å². The summed E-state index contributed by atoms with van der Waals surface area (Å²) < 4.78 is 15.6. The second-order valence-corrected chi connectivity index (χ2v) is 10.9. The SMILES string of the molecule is O=C(O)c1ccc(C2(NC(=O)c3ccc(Nc4ccc(F)cc4)c4ccn(Cc5ccc6ccccc6n5)c34)CC2)cc1. The van der Waals surface area contributed by atoms with Gasteiger partial charge in [0.25, 0.3) is 5.91 Å². The number of anilines is 2. The molecular formula is C35H27FN4O3. The molecule has 0 aliphatic heterocycles. The van der Waals surface area contributed by atoms with Gasteiger partial charge < -0.3 is 20.3 Å². The zero-order chi connectivity index (χ0) is 29.6. The summed E-state index contributed by atoms with van der Waals surface area (Å²) in [5.41, 5.74) is 5.08. The minimum atomic E-state index is -0.987. The first kappa shape index (κ1) is 26.4. The van der Waals surface area contributed by atoms with Crippen molar-refractivity contribution in [2.45, 2.75) is 24.9 Å². The van der Waals surface area contributed by atoms with Crippen LogP contribution in [0.5, 0.6) is 0 Å². The van der Waals surface area contributed by atoms with E-state index < -0.39 is 11.5 Å². The van der Waals surface area contributed by atoms with Crippen molar-refractivity contribution in [3.8, 4) is 0 Å². The minimum Gasteiger partial charge on any atom is -0.478 e. The third-order valence-electron chi connectivity index (χ3n) is 8.07. The van der Waals surface area contributed by atoms with Gasteiger partial charge >= 0.3 is 5.97 Å². The summed E-state index contributed by atoms with van der Waals surface area (Å²) in [5.74, 6) is -1.52. The summed E-state index contributed by atoms with van der Waals surface area (Å²) in [4.78, 5) is 30.1. The Kier molecular flexibility index (Phi) is 6.39. The van der Waals surface area contributed by atoms with E-state index in [-0.39, 0.29) is 17.3 Å². The van der Waals surface area contributed by atoms with E-state index in [1.807, 2.05) is 59.3 Å². The molecule has 0 radical (unpaired) electrons. The van der Waals surface area contributed by atoms with Crippen molar-refractivity contribution in [1.82, 2.24) is 14.9 Å². The lowest BCUT2D eigenvalue weighted by molar-refractivity contribution is 0.0696. The van der Waals surface area contributed by atoms with E-state index in [1.54, 1.807) is 42.5 Å². The number of rotatable bonds is 8. The average molecular weight is 571 g/mol. The maximum Gasteiger partial charge on any atom is 0.335 e. The highest BCUT2D eigenvalue weighted by Gasteiger charge is 2.46. The van der Waals surface area contributed by atoms with E-state index in [9.17, 15) is 19.1 Å². The van der Waals surface area contributed by atoms with Crippen molar-refractivity contribution in [2.24, 2.45) is 0 Å². The Morgan fingerprint density at radius 3 is 2.40 bits per heavy atom. The third-order valence-corrected chi connectivity index (χ3v) is 8.07. The quantitative estimate of drug-likeness (QED) is 0.179. The number of amides is 1. The van der Waals surface area contributed by atoms with Gasteiger partial charge in [-0.15, -0.1) is 0 Å². The molecule has 2 aromatic heterocycles. The number of nitrogens with zero attached hydrogens (tertiary/aromatic N) is 2. The molecule has 0 bridgehead atoms. The fourth-order valence-corrected chi connectivity index (χ4v) is 5.64. The molecule has 8 heteroatoms.